The molecule has 0 unspecified atom stereocenters. The van der Waals surface area contributed by atoms with E-state index in [1.54, 1.807) is 16.8 Å². The minimum Gasteiger partial charge on any atom is -0.476 e. The van der Waals surface area contributed by atoms with Crippen molar-refractivity contribution < 1.29 is 9.47 Å². The summed E-state index contributed by atoms with van der Waals surface area (Å²) in [6, 6.07) is 5.32. The van der Waals surface area contributed by atoms with Gasteiger partial charge < -0.3 is 15.2 Å². The summed E-state index contributed by atoms with van der Waals surface area (Å²) in [6.45, 7) is 2.58. The molecule has 2 aromatic heterocycles. The van der Waals surface area contributed by atoms with E-state index in [1.165, 1.54) is 12.8 Å². The molecular formula is C14H18N4O2. The molecule has 0 aromatic carbocycles. The number of nitrogen functional groups attached to an aromatic ring is 1. The highest BCUT2D eigenvalue weighted by atomic mass is 16.5. The predicted molar refractivity (Wildman–Crippen MR) is 74.9 cm³/mol. The normalized spacial score (nSPS) is 14.3. The highest BCUT2D eigenvalue weighted by Crippen LogP contribution is 2.31. The second kappa shape index (κ2) is 5.03. The number of aromatic nitrogens is 3. The fourth-order valence-electron chi connectivity index (χ4n) is 1.88. The average molecular weight is 274 g/mol. The van der Waals surface area contributed by atoms with Gasteiger partial charge in [-0.1, -0.05) is 0 Å². The lowest BCUT2D eigenvalue weighted by atomic mass is 10.4. The molecule has 2 N–H and O–H groups in total. The molecule has 6 nitrogen and oxygen atoms in total. The first-order chi connectivity index (χ1) is 9.61. The molecule has 2 heterocycles. The predicted octanol–water partition coefficient (Wildman–Crippen LogP) is 2.29. The largest absolute Gasteiger partial charge is 0.476 e. The quantitative estimate of drug-likeness (QED) is 0.905. The molecule has 2 aromatic rings. The molecule has 6 heteroatoms. The topological polar surface area (TPSA) is 75.2 Å². The van der Waals surface area contributed by atoms with Gasteiger partial charge in [0.15, 0.2) is 0 Å². The highest BCUT2D eigenvalue weighted by Gasteiger charge is 2.22. The molecule has 0 bridgehead atoms. The zero-order chi connectivity index (χ0) is 14.1. The Kier molecular flexibility index (Phi) is 3.22. The molecule has 0 aliphatic heterocycles. The second-order valence-electron chi connectivity index (χ2n) is 5.15. The molecule has 1 saturated carbocycles. The van der Waals surface area contributed by atoms with Crippen LogP contribution in [0.4, 0.5) is 5.69 Å². The summed E-state index contributed by atoms with van der Waals surface area (Å²) in [5.74, 6) is 2.18. The first-order valence-electron chi connectivity index (χ1n) is 6.69. The van der Waals surface area contributed by atoms with E-state index >= 15 is 0 Å². The van der Waals surface area contributed by atoms with Gasteiger partial charge in [-0.05, 0) is 31.7 Å². The van der Waals surface area contributed by atoms with Crippen molar-refractivity contribution in [3.05, 3.63) is 23.9 Å². The summed E-state index contributed by atoms with van der Waals surface area (Å²) >= 11 is 0. The van der Waals surface area contributed by atoms with Crippen LogP contribution in [0.15, 0.2) is 18.2 Å². The minimum absolute atomic E-state index is 0.438. The van der Waals surface area contributed by atoms with E-state index < -0.39 is 0 Å². The lowest BCUT2D eigenvalue weighted by Crippen LogP contribution is -2.04. The van der Waals surface area contributed by atoms with E-state index in [0.717, 1.165) is 5.69 Å². The maximum absolute atomic E-state index is 5.86. The maximum Gasteiger partial charge on any atom is 0.240 e. The number of rotatable bonds is 5. The van der Waals surface area contributed by atoms with Crippen LogP contribution in [0.1, 0.15) is 18.5 Å². The number of nitrogens with two attached hydrogens (primary N) is 1. The standard InChI is InChI=1S/C14H18N4O2/c1-9-7-13(18(2)17-9)20-12-6-5-11(15)14(16-12)19-8-10-3-4-10/h5-7,10H,3-4,8,15H2,1-2H3. The van der Waals surface area contributed by atoms with Crippen LogP contribution in [-0.4, -0.2) is 21.4 Å². The number of hydrogen-bond donors (Lipinski definition) is 1. The van der Waals surface area contributed by atoms with E-state index in [-0.39, 0.29) is 0 Å². The molecule has 1 aliphatic rings. The molecule has 106 valence electrons. The Morgan fingerprint density at radius 3 is 2.85 bits per heavy atom. The molecule has 0 radical (unpaired) electrons. The van der Waals surface area contributed by atoms with Crippen molar-refractivity contribution >= 4 is 5.69 Å². The Bertz CT molecular complexity index is 620. The zero-order valence-corrected chi connectivity index (χ0v) is 11.7. The molecule has 0 amide bonds. The van der Waals surface area contributed by atoms with Gasteiger partial charge in [0.2, 0.25) is 17.6 Å². The van der Waals surface area contributed by atoms with Gasteiger partial charge in [0.25, 0.3) is 0 Å². The van der Waals surface area contributed by atoms with Crippen LogP contribution < -0.4 is 15.2 Å². The number of anilines is 1. The fraction of sp³-hybridized carbons (Fsp3) is 0.429. The van der Waals surface area contributed by atoms with Crippen molar-refractivity contribution in [2.24, 2.45) is 13.0 Å². The smallest absolute Gasteiger partial charge is 0.240 e. The van der Waals surface area contributed by atoms with Crippen molar-refractivity contribution in [2.75, 3.05) is 12.3 Å². The SMILES string of the molecule is Cc1cc(Oc2ccc(N)c(OCC3CC3)n2)n(C)n1. The molecule has 20 heavy (non-hydrogen) atoms. The first-order valence-corrected chi connectivity index (χ1v) is 6.69. The third-order valence-corrected chi connectivity index (χ3v) is 3.19. The van der Waals surface area contributed by atoms with Crippen molar-refractivity contribution in [2.45, 2.75) is 19.8 Å². The van der Waals surface area contributed by atoms with Crippen molar-refractivity contribution in [3.63, 3.8) is 0 Å². The van der Waals surface area contributed by atoms with Gasteiger partial charge in [-0.25, -0.2) is 4.68 Å². The Morgan fingerprint density at radius 2 is 2.20 bits per heavy atom. The lowest BCUT2D eigenvalue weighted by molar-refractivity contribution is 0.285. The number of nitrogens with zero attached hydrogens (tertiary/aromatic N) is 3. The third kappa shape index (κ3) is 2.84. The van der Waals surface area contributed by atoms with Crippen molar-refractivity contribution in [1.29, 1.82) is 0 Å². The number of pyridine rings is 1. The van der Waals surface area contributed by atoms with Crippen LogP contribution >= 0.6 is 0 Å². The van der Waals surface area contributed by atoms with E-state index in [9.17, 15) is 0 Å². The second-order valence-corrected chi connectivity index (χ2v) is 5.15. The maximum atomic E-state index is 5.86. The summed E-state index contributed by atoms with van der Waals surface area (Å²) in [6.07, 6.45) is 2.45. The Labute approximate surface area is 117 Å². The Balaban J connectivity index is 1.75. The summed E-state index contributed by atoms with van der Waals surface area (Å²) in [5, 5.41) is 4.22. The molecule has 1 aliphatic carbocycles. The van der Waals surface area contributed by atoms with E-state index in [0.29, 0.717) is 35.9 Å². The Hall–Kier alpha value is -2.24. The summed E-state index contributed by atoms with van der Waals surface area (Å²) < 4.78 is 13.0. The van der Waals surface area contributed by atoms with Gasteiger partial charge in [-0.2, -0.15) is 10.1 Å². The Morgan fingerprint density at radius 1 is 1.40 bits per heavy atom. The minimum atomic E-state index is 0.438. The van der Waals surface area contributed by atoms with Crippen molar-refractivity contribution in [1.82, 2.24) is 14.8 Å². The lowest BCUT2D eigenvalue weighted by Gasteiger charge is -2.09. The highest BCUT2D eigenvalue weighted by molar-refractivity contribution is 5.49. The van der Waals surface area contributed by atoms with E-state index in [4.69, 9.17) is 15.2 Å². The first kappa shape index (κ1) is 12.8. The van der Waals surface area contributed by atoms with Gasteiger partial charge in [0, 0.05) is 19.2 Å². The van der Waals surface area contributed by atoms with Gasteiger partial charge in [0.05, 0.1) is 18.0 Å². The van der Waals surface area contributed by atoms with Gasteiger partial charge in [-0.15, -0.1) is 0 Å². The molecule has 0 saturated heterocycles. The summed E-state index contributed by atoms with van der Waals surface area (Å²) in [4.78, 5) is 4.31. The number of hydrogen-bond acceptors (Lipinski definition) is 5. The molecular weight excluding hydrogens is 256 g/mol. The van der Waals surface area contributed by atoms with Crippen LogP contribution in [-0.2, 0) is 7.05 Å². The molecule has 0 spiro atoms. The monoisotopic (exact) mass is 274 g/mol. The molecule has 3 rings (SSSR count). The van der Waals surface area contributed by atoms with Gasteiger partial charge >= 0.3 is 0 Å². The van der Waals surface area contributed by atoms with Crippen LogP contribution in [0, 0.1) is 12.8 Å². The zero-order valence-electron chi connectivity index (χ0n) is 11.7. The molecule has 0 atom stereocenters. The van der Waals surface area contributed by atoms with Crippen LogP contribution in [0.2, 0.25) is 0 Å². The van der Waals surface area contributed by atoms with E-state index in [2.05, 4.69) is 10.1 Å². The third-order valence-electron chi connectivity index (χ3n) is 3.19. The van der Waals surface area contributed by atoms with Crippen LogP contribution in [0.25, 0.3) is 0 Å². The van der Waals surface area contributed by atoms with Crippen LogP contribution in [0.3, 0.4) is 0 Å². The van der Waals surface area contributed by atoms with Crippen LogP contribution in [0.5, 0.6) is 17.6 Å². The van der Waals surface area contributed by atoms with E-state index in [1.807, 2.05) is 20.0 Å². The summed E-state index contributed by atoms with van der Waals surface area (Å²) in [7, 11) is 1.82. The summed E-state index contributed by atoms with van der Waals surface area (Å²) in [5.41, 5.74) is 7.28. The number of ether oxygens (including phenoxy) is 2. The van der Waals surface area contributed by atoms with Crippen molar-refractivity contribution in [3.8, 4) is 17.6 Å². The van der Waals surface area contributed by atoms with Gasteiger partial charge in [0.1, 0.15) is 0 Å². The number of aryl methyl sites for hydroxylation is 2. The fourth-order valence-corrected chi connectivity index (χ4v) is 1.88. The molecule has 1 fully saturated rings. The average Bonchev–Trinajstić information content (AvgIpc) is 3.17. The van der Waals surface area contributed by atoms with Gasteiger partial charge in [-0.3, -0.25) is 0 Å².